The quantitative estimate of drug-likeness (QED) is 0.770. The third-order valence-corrected chi connectivity index (χ3v) is 4.25. The van der Waals surface area contributed by atoms with E-state index in [0.29, 0.717) is 5.92 Å². The maximum atomic E-state index is 5.82. The van der Waals surface area contributed by atoms with E-state index in [9.17, 15) is 0 Å². The van der Waals surface area contributed by atoms with Gasteiger partial charge in [0.25, 0.3) is 0 Å². The van der Waals surface area contributed by atoms with Gasteiger partial charge in [-0.05, 0) is 50.4 Å². The maximum absolute atomic E-state index is 5.82. The zero-order valence-corrected chi connectivity index (χ0v) is 14.3. The first kappa shape index (κ1) is 17.1. The number of nitrogens with one attached hydrogen (secondary N) is 1. The summed E-state index contributed by atoms with van der Waals surface area (Å²) in [5, 5.41) is 3.53. The standard InChI is InChI=1S/C19H32N2O/c1-17(2)10-15-22-19-9-7-8-18(16-19)20-11-14-21-12-5-3-4-6-13-21/h7-9,16-17,20H,3-6,10-15H2,1-2H3. The lowest BCUT2D eigenvalue weighted by Gasteiger charge is -2.20. The summed E-state index contributed by atoms with van der Waals surface area (Å²) in [4.78, 5) is 2.59. The van der Waals surface area contributed by atoms with Crippen LogP contribution in [0.2, 0.25) is 0 Å². The Labute approximate surface area is 136 Å². The van der Waals surface area contributed by atoms with Crippen LogP contribution in [0.3, 0.4) is 0 Å². The number of anilines is 1. The minimum Gasteiger partial charge on any atom is -0.494 e. The average molecular weight is 304 g/mol. The molecule has 3 nitrogen and oxygen atoms in total. The van der Waals surface area contributed by atoms with E-state index in [-0.39, 0.29) is 0 Å². The van der Waals surface area contributed by atoms with Crippen LogP contribution in [0.5, 0.6) is 5.75 Å². The highest BCUT2D eigenvalue weighted by atomic mass is 16.5. The molecule has 0 atom stereocenters. The smallest absolute Gasteiger partial charge is 0.121 e. The number of ether oxygens (including phenoxy) is 1. The zero-order valence-electron chi connectivity index (χ0n) is 14.3. The van der Waals surface area contributed by atoms with Gasteiger partial charge in [-0.3, -0.25) is 0 Å². The van der Waals surface area contributed by atoms with Crippen LogP contribution < -0.4 is 10.1 Å². The van der Waals surface area contributed by atoms with Crippen molar-refractivity contribution in [1.82, 2.24) is 4.90 Å². The molecule has 3 heteroatoms. The first-order valence-corrected chi connectivity index (χ1v) is 8.93. The van der Waals surface area contributed by atoms with Crippen molar-refractivity contribution in [1.29, 1.82) is 0 Å². The van der Waals surface area contributed by atoms with Crippen molar-refractivity contribution in [2.24, 2.45) is 5.92 Å². The summed E-state index contributed by atoms with van der Waals surface area (Å²) in [6.45, 7) is 9.93. The van der Waals surface area contributed by atoms with Gasteiger partial charge in [0.05, 0.1) is 6.61 Å². The Kier molecular flexibility index (Phi) is 7.58. The van der Waals surface area contributed by atoms with E-state index in [1.54, 1.807) is 0 Å². The molecule has 2 rings (SSSR count). The summed E-state index contributed by atoms with van der Waals surface area (Å²) < 4.78 is 5.82. The van der Waals surface area contributed by atoms with Crippen molar-refractivity contribution in [2.75, 3.05) is 38.1 Å². The molecule has 1 fully saturated rings. The third kappa shape index (κ3) is 6.69. The summed E-state index contributed by atoms with van der Waals surface area (Å²) >= 11 is 0. The lowest BCUT2D eigenvalue weighted by atomic mass is 10.1. The Morgan fingerprint density at radius 3 is 2.64 bits per heavy atom. The van der Waals surface area contributed by atoms with Gasteiger partial charge < -0.3 is 15.0 Å². The van der Waals surface area contributed by atoms with Crippen LogP contribution in [-0.4, -0.2) is 37.7 Å². The van der Waals surface area contributed by atoms with Gasteiger partial charge in [-0.25, -0.2) is 0 Å². The Morgan fingerprint density at radius 1 is 1.14 bits per heavy atom. The molecule has 0 aliphatic carbocycles. The van der Waals surface area contributed by atoms with Gasteiger partial charge in [-0.2, -0.15) is 0 Å². The van der Waals surface area contributed by atoms with Crippen LogP contribution in [0, 0.1) is 5.92 Å². The van der Waals surface area contributed by atoms with Crippen molar-refractivity contribution in [2.45, 2.75) is 46.0 Å². The first-order valence-electron chi connectivity index (χ1n) is 8.93. The molecular formula is C19H32N2O. The van der Waals surface area contributed by atoms with Crippen molar-refractivity contribution in [3.63, 3.8) is 0 Å². The van der Waals surface area contributed by atoms with E-state index < -0.39 is 0 Å². The molecule has 1 N–H and O–H groups in total. The van der Waals surface area contributed by atoms with E-state index in [4.69, 9.17) is 4.74 Å². The molecule has 0 spiro atoms. The Bertz CT molecular complexity index is 412. The van der Waals surface area contributed by atoms with E-state index in [1.165, 1.54) is 38.8 Å². The second-order valence-corrected chi connectivity index (χ2v) is 6.74. The topological polar surface area (TPSA) is 24.5 Å². The fourth-order valence-electron chi connectivity index (χ4n) is 2.83. The fraction of sp³-hybridized carbons (Fsp3) is 0.684. The average Bonchev–Trinajstić information content (AvgIpc) is 2.76. The monoisotopic (exact) mass is 304 g/mol. The second kappa shape index (κ2) is 9.73. The molecule has 1 aromatic rings. The van der Waals surface area contributed by atoms with Gasteiger partial charge in [-0.15, -0.1) is 0 Å². The first-order chi connectivity index (χ1) is 10.7. The maximum Gasteiger partial charge on any atom is 0.121 e. The lowest BCUT2D eigenvalue weighted by Crippen LogP contribution is -2.29. The van der Waals surface area contributed by atoms with E-state index in [2.05, 4.69) is 42.3 Å². The predicted octanol–water partition coefficient (Wildman–Crippen LogP) is 4.40. The summed E-state index contributed by atoms with van der Waals surface area (Å²) in [6, 6.07) is 8.35. The second-order valence-electron chi connectivity index (χ2n) is 6.74. The molecule has 0 saturated carbocycles. The molecule has 1 heterocycles. The molecule has 1 aliphatic heterocycles. The predicted molar refractivity (Wildman–Crippen MR) is 94.8 cm³/mol. The van der Waals surface area contributed by atoms with Crippen molar-refractivity contribution in [3.05, 3.63) is 24.3 Å². The Morgan fingerprint density at radius 2 is 1.91 bits per heavy atom. The molecule has 124 valence electrons. The molecule has 1 aliphatic rings. The Hall–Kier alpha value is -1.22. The number of hydrogen-bond donors (Lipinski definition) is 1. The number of hydrogen-bond acceptors (Lipinski definition) is 3. The summed E-state index contributed by atoms with van der Waals surface area (Å²) in [6.07, 6.45) is 6.63. The van der Waals surface area contributed by atoms with Crippen LogP contribution in [0.4, 0.5) is 5.69 Å². The molecule has 1 aromatic carbocycles. The van der Waals surface area contributed by atoms with Gasteiger partial charge >= 0.3 is 0 Å². The minimum absolute atomic E-state index is 0.690. The lowest BCUT2D eigenvalue weighted by molar-refractivity contribution is 0.289. The fourth-order valence-corrected chi connectivity index (χ4v) is 2.83. The molecule has 22 heavy (non-hydrogen) atoms. The number of nitrogens with zero attached hydrogens (tertiary/aromatic N) is 1. The zero-order chi connectivity index (χ0) is 15.6. The van der Waals surface area contributed by atoms with Gasteiger partial charge in [0.2, 0.25) is 0 Å². The van der Waals surface area contributed by atoms with E-state index in [0.717, 1.165) is 37.6 Å². The third-order valence-electron chi connectivity index (χ3n) is 4.25. The molecule has 0 radical (unpaired) electrons. The molecule has 0 unspecified atom stereocenters. The van der Waals surface area contributed by atoms with Crippen LogP contribution in [0.1, 0.15) is 46.0 Å². The molecular weight excluding hydrogens is 272 g/mol. The van der Waals surface area contributed by atoms with Crippen molar-refractivity contribution < 1.29 is 4.74 Å². The molecule has 1 saturated heterocycles. The Balaban J connectivity index is 1.70. The normalized spacial score (nSPS) is 16.5. The number of rotatable bonds is 8. The van der Waals surface area contributed by atoms with E-state index in [1.807, 2.05) is 6.07 Å². The highest BCUT2D eigenvalue weighted by molar-refractivity contribution is 5.48. The van der Waals surface area contributed by atoms with Crippen LogP contribution in [0.25, 0.3) is 0 Å². The van der Waals surface area contributed by atoms with Crippen molar-refractivity contribution >= 4 is 5.69 Å². The summed E-state index contributed by atoms with van der Waals surface area (Å²) in [7, 11) is 0. The van der Waals surface area contributed by atoms with Crippen LogP contribution in [-0.2, 0) is 0 Å². The molecule has 0 bridgehead atoms. The van der Waals surface area contributed by atoms with Crippen molar-refractivity contribution in [3.8, 4) is 5.75 Å². The number of likely N-dealkylation sites (tertiary alicyclic amines) is 1. The SMILES string of the molecule is CC(C)CCOc1cccc(NCCN2CCCCCC2)c1. The largest absolute Gasteiger partial charge is 0.494 e. The number of benzene rings is 1. The summed E-state index contributed by atoms with van der Waals surface area (Å²) in [5.74, 6) is 1.66. The highest BCUT2D eigenvalue weighted by Crippen LogP contribution is 2.18. The van der Waals surface area contributed by atoms with Gasteiger partial charge in [-0.1, -0.05) is 32.8 Å². The van der Waals surface area contributed by atoms with E-state index >= 15 is 0 Å². The highest BCUT2D eigenvalue weighted by Gasteiger charge is 2.08. The van der Waals surface area contributed by atoms with Gasteiger partial charge in [0.15, 0.2) is 0 Å². The minimum atomic E-state index is 0.690. The summed E-state index contributed by atoms with van der Waals surface area (Å²) in [5.41, 5.74) is 1.16. The van der Waals surface area contributed by atoms with Gasteiger partial charge in [0, 0.05) is 24.8 Å². The van der Waals surface area contributed by atoms with Crippen LogP contribution >= 0.6 is 0 Å². The van der Waals surface area contributed by atoms with Gasteiger partial charge in [0.1, 0.15) is 5.75 Å². The molecule has 0 amide bonds. The molecule has 0 aromatic heterocycles. The van der Waals surface area contributed by atoms with Crippen LogP contribution in [0.15, 0.2) is 24.3 Å².